The maximum Gasteiger partial charge on any atom is 0.338 e. The Bertz CT molecular complexity index is 1050. The molecule has 2 N–H and O–H groups in total. The number of ketones is 1. The average molecular weight is 407 g/mol. The Morgan fingerprint density at radius 1 is 1.20 bits per heavy atom. The van der Waals surface area contributed by atoms with E-state index < -0.39 is 18.5 Å². The van der Waals surface area contributed by atoms with Crippen LogP contribution in [-0.4, -0.2) is 42.8 Å². The van der Waals surface area contributed by atoms with Crippen molar-refractivity contribution in [3.63, 3.8) is 0 Å². The number of nitrogens with zero attached hydrogens (tertiary/aromatic N) is 1. The molecular weight excluding hydrogens is 386 g/mol. The summed E-state index contributed by atoms with van der Waals surface area (Å²) in [5, 5.41) is 5.42. The van der Waals surface area contributed by atoms with E-state index in [1.807, 2.05) is 4.90 Å². The molecule has 2 aliphatic heterocycles. The lowest BCUT2D eigenvalue weighted by atomic mass is 10.1. The number of para-hydroxylation sites is 1. The Hall–Kier alpha value is -3.68. The second kappa shape index (κ2) is 7.98. The molecule has 2 aromatic rings. The van der Waals surface area contributed by atoms with Gasteiger partial charge in [-0.25, -0.2) is 4.79 Å². The number of benzene rings is 2. The third-order valence-corrected chi connectivity index (χ3v) is 5.27. The second-order valence-corrected chi connectivity index (χ2v) is 7.30. The highest BCUT2D eigenvalue weighted by Gasteiger charge is 2.36. The summed E-state index contributed by atoms with van der Waals surface area (Å²) in [6.07, 6.45) is 1.76. The number of hydrogen-bond donors (Lipinski definition) is 2. The third-order valence-electron chi connectivity index (χ3n) is 5.27. The molecule has 0 unspecified atom stereocenters. The van der Waals surface area contributed by atoms with E-state index in [0.29, 0.717) is 16.9 Å². The number of carbonyl (C=O) groups excluding carboxylic acids is 4. The van der Waals surface area contributed by atoms with Crippen LogP contribution in [0.3, 0.4) is 0 Å². The van der Waals surface area contributed by atoms with E-state index >= 15 is 0 Å². The number of carbonyl (C=O) groups is 4. The fourth-order valence-corrected chi connectivity index (χ4v) is 3.86. The van der Waals surface area contributed by atoms with Crippen LogP contribution in [0.25, 0.3) is 0 Å². The number of ether oxygens (including phenoxy) is 1. The Labute approximate surface area is 173 Å². The fourth-order valence-electron chi connectivity index (χ4n) is 3.86. The van der Waals surface area contributed by atoms with Crippen LogP contribution in [-0.2, 0) is 14.3 Å². The summed E-state index contributed by atoms with van der Waals surface area (Å²) in [5.74, 6) is -1.48. The topological polar surface area (TPSA) is 105 Å². The number of anilines is 3. The molecule has 0 saturated carbocycles. The van der Waals surface area contributed by atoms with Gasteiger partial charge in [0.05, 0.1) is 22.6 Å². The maximum atomic E-state index is 12.4. The first-order chi connectivity index (χ1) is 14.4. The molecule has 0 aromatic heterocycles. The molecule has 2 heterocycles. The Kier molecular flexibility index (Phi) is 5.22. The van der Waals surface area contributed by atoms with Crippen LogP contribution in [0, 0.1) is 0 Å². The van der Waals surface area contributed by atoms with E-state index in [0.717, 1.165) is 25.1 Å². The Morgan fingerprint density at radius 3 is 2.80 bits per heavy atom. The number of amides is 2. The zero-order chi connectivity index (χ0) is 21.3. The lowest BCUT2D eigenvalue weighted by Gasteiger charge is -2.33. The van der Waals surface area contributed by atoms with Crippen molar-refractivity contribution in [2.45, 2.75) is 25.8 Å². The van der Waals surface area contributed by atoms with Crippen molar-refractivity contribution < 1.29 is 23.9 Å². The second-order valence-electron chi connectivity index (χ2n) is 7.30. The first kappa shape index (κ1) is 19.6. The van der Waals surface area contributed by atoms with Gasteiger partial charge >= 0.3 is 5.97 Å². The molecule has 0 radical (unpaired) electrons. The summed E-state index contributed by atoms with van der Waals surface area (Å²) in [6, 6.07) is 11.4. The molecule has 1 atom stereocenters. The van der Waals surface area contributed by atoms with E-state index in [4.69, 9.17) is 4.74 Å². The molecule has 30 heavy (non-hydrogen) atoms. The van der Waals surface area contributed by atoms with Crippen LogP contribution < -0.4 is 15.5 Å². The van der Waals surface area contributed by atoms with Crippen LogP contribution >= 0.6 is 0 Å². The summed E-state index contributed by atoms with van der Waals surface area (Å²) in [6.45, 7) is 1.71. The first-order valence-electron chi connectivity index (χ1n) is 9.72. The maximum absolute atomic E-state index is 12.4. The van der Waals surface area contributed by atoms with Crippen molar-refractivity contribution in [2.24, 2.45) is 0 Å². The Morgan fingerprint density at radius 2 is 2.00 bits per heavy atom. The molecule has 2 aliphatic rings. The number of rotatable bonds is 5. The number of esters is 1. The van der Waals surface area contributed by atoms with Crippen molar-refractivity contribution in [1.29, 1.82) is 0 Å². The van der Waals surface area contributed by atoms with Gasteiger partial charge in [0.25, 0.3) is 5.91 Å². The smallest absolute Gasteiger partial charge is 0.338 e. The van der Waals surface area contributed by atoms with Gasteiger partial charge in [0.2, 0.25) is 5.91 Å². The molecule has 154 valence electrons. The van der Waals surface area contributed by atoms with Crippen LogP contribution in [0.15, 0.2) is 42.5 Å². The summed E-state index contributed by atoms with van der Waals surface area (Å²) in [7, 11) is 0. The van der Waals surface area contributed by atoms with Gasteiger partial charge in [-0.3, -0.25) is 14.4 Å². The lowest BCUT2D eigenvalue weighted by molar-refractivity contribution is -0.119. The highest BCUT2D eigenvalue weighted by atomic mass is 16.5. The minimum atomic E-state index is -0.675. The van der Waals surface area contributed by atoms with Crippen LogP contribution in [0.2, 0.25) is 0 Å². The monoisotopic (exact) mass is 407 g/mol. The molecule has 1 saturated heterocycles. The highest BCUT2D eigenvalue weighted by Crippen LogP contribution is 2.37. The van der Waals surface area contributed by atoms with Crippen molar-refractivity contribution in [2.75, 3.05) is 28.7 Å². The summed E-state index contributed by atoms with van der Waals surface area (Å²) >= 11 is 0. The fraction of sp³-hybridized carbons (Fsp3) is 0.273. The molecule has 2 amide bonds. The van der Waals surface area contributed by atoms with E-state index in [1.54, 1.807) is 42.5 Å². The van der Waals surface area contributed by atoms with E-state index in [-0.39, 0.29) is 23.3 Å². The van der Waals surface area contributed by atoms with E-state index in [2.05, 4.69) is 10.6 Å². The first-order valence-corrected chi connectivity index (χ1v) is 9.72. The summed E-state index contributed by atoms with van der Waals surface area (Å²) in [4.78, 5) is 50.5. The molecule has 4 rings (SSSR count). The number of nitrogens with one attached hydrogen (secondary N) is 2. The normalized spacial score (nSPS) is 16.9. The number of Topliss-reactive ketones (excluding diaryl/α,β-unsaturated/α-hetero) is 1. The van der Waals surface area contributed by atoms with Gasteiger partial charge in [0, 0.05) is 12.1 Å². The van der Waals surface area contributed by atoms with Crippen LogP contribution in [0.1, 0.15) is 40.5 Å². The van der Waals surface area contributed by atoms with Gasteiger partial charge < -0.3 is 20.3 Å². The molecular formula is C22H21N3O5. The number of hydrogen-bond acceptors (Lipinski definition) is 6. The van der Waals surface area contributed by atoms with Gasteiger partial charge in [-0.1, -0.05) is 12.1 Å². The zero-order valence-corrected chi connectivity index (χ0v) is 16.4. The van der Waals surface area contributed by atoms with Gasteiger partial charge in [-0.15, -0.1) is 0 Å². The van der Waals surface area contributed by atoms with Crippen molar-refractivity contribution >= 4 is 40.6 Å². The summed E-state index contributed by atoms with van der Waals surface area (Å²) < 4.78 is 5.10. The molecule has 8 nitrogen and oxygen atoms in total. The molecule has 1 fully saturated rings. The van der Waals surface area contributed by atoms with E-state index in [1.165, 1.54) is 6.92 Å². The molecule has 2 aromatic carbocycles. The van der Waals surface area contributed by atoms with Gasteiger partial charge in [0.15, 0.2) is 12.4 Å². The molecule has 0 bridgehead atoms. The number of fused-ring (bicyclic) bond motifs is 3. The minimum absolute atomic E-state index is 0.0750. The standard InChI is InChI=1S/C22H21N3O5/c1-13(26)15-5-2-3-6-16(15)23-20(27)12-30-22(29)14-8-9-18-17(11-14)24-21(28)19-7-4-10-25(18)19/h2-3,5-6,8-9,11,19H,4,7,10,12H2,1H3,(H,23,27)(H,24,28)/t19-/m1/s1. The van der Waals surface area contributed by atoms with Gasteiger partial charge in [-0.05, 0) is 50.1 Å². The van der Waals surface area contributed by atoms with Gasteiger partial charge in [-0.2, -0.15) is 0 Å². The molecule has 8 heteroatoms. The minimum Gasteiger partial charge on any atom is -0.452 e. The summed E-state index contributed by atoms with van der Waals surface area (Å²) in [5.41, 5.74) is 2.42. The molecule has 0 aliphatic carbocycles. The third kappa shape index (κ3) is 3.76. The Balaban J connectivity index is 1.40. The lowest BCUT2D eigenvalue weighted by Crippen LogP contribution is -2.43. The zero-order valence-electron chi connectivity index (χ0n) is 16.4. The quantitative estimate of drug-likeness (QED) is 0.583. The van der Waals surface area contributed by atoms with Gasteiger partial charge in [0.1, 0.15) is 6.04 Å². The van der Waals surface area contributed by atoms with Crippen LogP contribution in [0.4, 0.5) is 17.1 Å². The van der Waals surface area contributed by atoms with Crippen molar-refractivity contribution in [3.8, 4) is 0 Å². The largest absolute Gasteiger partial charge is 0.452 e. The van der Waals surface area contributed by atoms with Crippen molar-refractivity contribution in [3.05, 3.63) is 53.6 Å². The SMILES string of the molecule is CC(=O)c1ccccc1NC(=O)COC(=O)c1ccc2c(c1)NC(=O)[C@H]1CCCN21. The average Bonchev–Trinajstić information content (AvgIpc) is 3.23. The van der Waals surface area contributed by atoms with Crippen LogP contribution in [0.5, 0.6) is 0 Å². The predicted molar refractivity (Wildman–Crippen MR) is 111 cm³/mol. The highest BCUT2D eigenvalue weighted by molar-refractivity contribution is 6.06. The molecule has 0 spiro atoms. The van der Waals surface area contributed by atoms with Crippen molar-refractivity contribution in [1.82, 2.24) is 0 Å². The predicted octanol–water partition coefficient (Wildman–Crippen LogP) is 2.61. The van der Waals surface area contributed by atoms with E-state index in [9.17, 15) is 19.2 Å².